The van der Waals surface area contributed by atoms with E-state index >= 15 is 0 Å². The molecule has 0 saturated carbocycles. The molecule has 5 heteroatoms. The van der Waals surface area contributed by atoms with Crippen molar-refractivity contribution in [2.45, 2.75) is 199 Å². The highest BCUT2D eigenvalue weighted by molar-refractivity contribution is 5.80. The Morgan fingerprint density at radius 3 is 1.39 bits per heavy atom. The first-order valence-corrected chi connectivity index (χ1v) is 19.5. The second kappa shape index (κ2) is 36.2. The number of hydrogen-bond donors (Lipinski definition) is 4. The van der Waals surface area contributed by atoms with Gasteiger partial charge in [-0.05, 0) is 64.2 Å². The lowest BCUT2D eigenvalue weighted by Crippen LogP contribution is -2.48. The summed E-state index contributed by atoms with van der Waals surface area (Å²) in [7, 11) is 0. The van der Waals surface area contributed by atoms with Crippen molar-refractivity contribution in [1.29, 1.82) is 0 Å². The molecule has 46 heavy (non-hydrogen) atoms. The zero-order valence-corrected chi connectivity index (χ0v) is 30.2. The van der Waals surface area contributed by atoms with Crippen molar-refractivity contribution in [2.24, 2.45) is 0 Å². The van der Waals surface area contributed by atoms with Gasteiger partial charge in [0, 0.05) is 0 Å². The molecule has 0 aliphatic heterocycles. The first kappa shape index (κ1) is 44.3. The van der Waals surface area contributed by atoms with Crippen LogP contribution in [-0.2, 0) is 4.79 Å². The summed E-state index contributed by atoms with van der Waals surface area (Å²) >= 11 is 0. The minimum atomic E-state index is -1.12. The summed E-state index contributed by atoms with van der Waals surface area (Å²) < 4.78 is 0. The van der Waals surface area contributed by atoms with E-state index in [0.29, 0.717) is 6.42 Å². The van der Waals surface area contributed by atoms with Crippen molar-refractivity contribution in [3.05, 3.63) is 48.6 Å². The van der Waals surface area contributed by atoms with Gasteiger partial charge in [0.05, 0.1) is 18.8 Å². The SMILES string of the molecule is CCCC/C=C\CCCCCCC(O)C(=O)NC(CO)C(O)/C=C/CC/C=C/CC/C=C/CCCCCCCCCCCCCC. The standard InChI is InChI=1S/C41H75NO4/c1-3-5-7-9-11-13-15-16-17-18-19-20-21-22-23-24-25-26-28-29-31-33-35-39(44)38(37-43)42-41(46)40(45)36-34-32-30-27-14-12-10-8-6-4-2/h10,12,22-23,26,28,33,35,38-40,43-45H,3-9,11,13-21,24-25,27,29-32,34,36-37H2,1-2H3,(H,42,46)/b12-10-,23-22+,28-26+,35-33+. The Balaban J connectivity index is 3.79. The minimum Gasteiger partial charge on any atom is -0.394 e. The molecule has 0 aliphatic carbocycles. The second-order valence-electron chi connectivity index (χ2n) is 13.1. The van der Waals surface area contributed by atoms with E-state index in [1.807, 2.05) is 6.08 Å². The van der Waals surface area contributed by atoms with E-state index in [0.717, 1.165) is 64.2 Å². The van der Waals surface area contributed by atoms with Crippen LogP contribution in [0.4, 0.5) is 0 Å². The summed E-state index contributed by atoms with van der Waals surface area (Å²) in [5.74, 6) is -0.531. The molecule has 0 radical (unpaired) electrons. The monoisotopic (exact) mass is 646 g/mol. The lowest BCUT2D eigenvalue weighted by molar-refractivity contribution is -0.131. The maximum absolute atomic E-state index is 12.3. The fourth-order valence-corrected chi connectivity index (χ4v) is 5.49. The zero-order chi connectivity index (χ0) is 33.8. The van der Waals surface area contributed by atoms with Crippen LogP contribution in [0.15, 0.2) is 48.6 Å². The van der Waals surface area contributed by atoms with E-state index in [1.165, 1.54) is 96.3 Å². The first-order chi connectivity index (χ1) is 22.6. The van der Waals surface area contributed by atoms with Crippen LogP contribution in [0.25, 0.3) is 0 Å². The Morgan fingerprint density at radius 1 is 0.522 bits per heavy atom. The topological polar surface area (TPSA) is 89.8 Å². The molecule has 0 aromatic rings. The molecule has 0 aliphatic rings. The molecule has 1 amide bonds. The third-order valence-electron chi connectivity index (χ3n) is 8.62. The number of hydrogen-bond acceptors (Lipinski definition) is 4. The van der Waals surface area contributed by atoms with Gasteiger partial charge in [-0.15, -0.1) is 0 Å². The molecule has 268 valence electrons. The lowest BCUT2D eigenvalue weighted by Gasteiger charge is -2.21. The average molecular weight is 646 g/mol. The van der Waals surface area contributed by atoms with Crippen molar-refractivity contribution in [3.63, 3.8) is 0 Å². The lowest BCUT2D eigenvalue weighted by atomic mass is 10.0. The van der Waals surface area contributed by atoms with Crippen LogP contribution in [-0.4, -0.2) is 46.1 Å². The Hall–Kier alpha value is -1.69. The predicted octanol–water partition coefficient (Wildman–Crippen LogP) is 10.6. The minimum absolute atomic E-state index is 0.386. The third kappa shape index (κ3) is 30.9. The maximum Gasteiger partial charge on any atom is 0.249 e. The number of unbranched alkanes of at least 4 members (excludes halogenated alkanes) is 20. The summed E-state index contributed by atoms with van der Waals surface area (Å²) in [5.41, 5.74) is 0. The van der Waals surface area contributed by atoms with Crippen LogP contribution >= 0.6 is 0 Å². The number of amides is 1. The molecule has 4 N–H and O–H groups in total. The van der Waals surface area contributed by atoms with Crippen LogP contribution < -0.4 is 5.32 Å². The number of carbonyl (C=O) groups excluding carboxylic acids is 1. The Bertz CT molecular complexity index is 760. The molecule has 3 unspecified atom stereocenters. The first-order valence-electron chi connectivity index (χ1n) is 19.5. The molecule has 0 aromatic carbocycles. The highest BCUT2D eigenvalue weighted by Crippen LogP contribution is 2.13. The fourth-order valence-electron chi connectivity index (χ4n) is 5.49. The number of aliphatic hydroxyl groups excluding tert-OH is 3. The predicted molar refractivity (Wildman–Crippen MR) is 199 cm³/mol. The number of nitrogens with one attached hydrogen (secondary N) is 1. The summed E-state index contributed by atoms with van der Waals surface area (Å²) in [4.78, 5) is 12.3. The molecule has 0 heterocycles. The van der Waals surface area contributed by atoms with Gasteiger partial charge >= 0.3 is 0 Å². The number of aliphatic hydroxyl groups is 3. The molecule has 0 bridgehead atoms. The highest BCUT2D eigenvalue weighted by Gasteiger charge is 2.22. The zero-order valence-electron chi connectivity index (χ0n) is 30.2. The smallest absolute Gasteiger partial charge is 0.249 e. The van der Waals surface area contributed by atoms with Gasteiger partial charge in [-0.1, -0.05) is 165 Å². The highest BCUT2D eigenvalue weighted by atomic mass is 16.3. The van der Waals surface area contributed by atoms with E-state index in [4.69, 9.17) is 0 Å². The van der Waals surface area contributed by atoms with E-state index in [2.05, 4.69) is 55.6 Å². The molecule has 0 rings (SSSR count). The van der Waals surface area contributed by atoms with Gasteiger partial charge in [-0.25, -0.2) is 0 Å². The van der Waals surface area contributed by atoms with E-state index in [9.17, 15) is 20.1 Å². The Labute approximate surface area is 285 Å². The van der Waals surface area contributed by atoms with E-state index < -0.39 is 24.2 Å². The normalized spacial score (nSPS) is 14.3. The average Bonchev–Trinajstić information content (AvgIpc) is 3.06. The largest absolute Gasteiger partial charge is 0.394 e. The molecule has 3 atom stereocenters. The van der Waals surface area contributed by atoms with Gasteiger partial charge in [-0.3, -0.25) is 4.79 Å². The van der Waals surface area contributed by atoms with Crippen LogP contribution in [0, 0.1) is 0 Å². The molecule has 0 spiro atoms. The van der Waals surface area contributed by atoms with Gasteiger partial charge in [0.1, 0.15) is 6.10 Å². The molecule has 5 nitrogen and oxygen atoms in total. The van der Waals surface area contributed by atoms with Crippen LogP contribution in [0.1, 0.15) is 181 Å². The van der Waals surface area contributed by atoms with Gasteiger partial charge in [0.25, 0.3) is 0 Å². The van der Waals surface area contributed by atoms with Crippen LogP contribution in [0.3, 0.4) is 0 Å². The Kier molecular flexibility index (Phi) is 34.8. The number of carbonyl (C=O) groups is 1. The van der Waals surface area contributed by atoms with Gasteiger partial charge in [0.2, 0.25) is 5.91 Å². The number of rotatable bonds is 34. The van der Waals surface area contributed by atoms with E-state index in [-0.39, 0.29) is 6.61 Å². The van der Waals surface area contributed by atoms with Crippen LogP contribution in [0.5, 0.6) is 0 Å². The molecular weight excluding hydrogens is 570 g/mol. The van der Waals surface area contributed by atoms with Gasteiger partial charge in [0.15, 0.2) is 0 Å². The quantitative estimate of drug-likeness (QED) is 0.0414. The Morgan fingerprint density at radius 2 is 0.913 bits per heavy atom. The summed E-state index contributed by atoms with van der Waals surface area (Å²) in [6.45, 7) is 4.09. The maximum atomic E-state index is 12.3. The van der Waals surface area contributed by atoms with Crippen molar-refractivity contribution < 1.29 is 20.1 Å². The van der Waals surface area contributed by atoms with Crippen molar-refractivity contribution in [1.82, 2.24) is 5.32 Å². The summed E-state index contributed by atoms with van der Waals surface area (Å²) in [6.07, 6.45) is 45.7. The third-order valence-corrected chi connectivity index (χ3v) is 8.62. The van der Waals surface area contributed by atoms with Crippen molar-refractivity contribution in [2.75, 3.05) is 6.61 Å². The van der Waals surface area contributed by atoms with Gasteiger partial charge in [-0.2, -0.15) is 0 Å². The fraction of sp³-hybridized carbons (Fsp3) is 0.780. The van der Waals surface area contributed by atoms with Crippen LogP contribution in [0.2, 0.25) is 0 Å². The van der Waals surface area contributed by atoms with Gasteiger partial charge < -0.3 is 20.6 Å². The number of allylic oxidation sites excluding steroid dienone is 7. The summed E-state index contributed by atoms with van der Waals surface area (Å²) in [5, 5.41) is 32.9. The molecule has 0 aromatic heterocycles. The summed E-state index contributed by atoms with van der Waals surface area (Å²) in [6, 6.07) is -0.824. The second-order valence-corrected chi connectivity index (χ2v) is 13.1. The molecule has 0 fully saturated rings. The molecule has 0 saturated heterocycles. The van der Waals surface area contributed by atoms with Crippen molar-refractivity contribution >= 4 is 5.91 Å². The molecular formula is C41H75NO4. The van der Waals surface area contributed by atoms with E-state index in [1.54, 1.807) is 6.08 Å². The van der Waals surface area contributed by atoms with Crippen molar-refractivity contribution in [3.8, 4) is 0 Å².